The van der Waals surface area contributed by atoms with Gasteiger partial charge in [-0.05, 0) is 25.0 Å². The van der Waals surface area contributed by atoms with Gasteiger partial charge in [0.15, 0.2) is 0 Å². The molecule has 0 saturated carbocycles. The van der Waals surface area contributed by atoms with E-state index in [1.165, 1.54) is 6.07 Å². The fourth-order valence-corrected chi connectivity index (χ4v) is 3.31. The van der Waals surface area contributed by atoms with Gasteiger partial charge in [-0.15, -0.1) is 0 Å². The highest BCUT2D eigenvalue weighted by Gasteiger charge is 2.41. The third-order valence-corrected chi connectivity index (χ3v) is 4.70. The second-order valence-corrected chi connectivity index (χ2v) is 6.16. The molecule has 0 bridgehead atoms. The Morgan fingerprint density at radius 1 is 1.40 bits per heavy atom. The number of hydrogen-bond acceptors (Lipinski definition) is 2. The van der Waals surface area contributed by atoms with E-state index in [1.807, 2.05) is 0 Å². The third kappa shape index (κ3) is 2.54. The lowest BCUT2D eigenvalue weighted by Crippen LogP contribution is -2.46. The molecule has 0 N–H and O–H groups in total. The van der Waals surface area contributed by atoms with E-state index in [-0.39, 0.29) is 23.7 Å². The summed E-state index contributed by atoms with van der Waals surface area (Å²) in [5, 5.41) is 0.375. The molecule has 0 aliphatic carbocycles. The van der Waals surface area contributed by atoms with Gasteiger partial charge in [0.2, 0.25) is 5.91 Å². The van der Waals surface area contributed by atoms with Crippen molar-refractivity contribution in [2.75, 3.05) is 19.8 Å². The second kappa shape index (κ2) is 5.34. The summed E-state index contributed by atoms with van der Waals surface area (Å²) in [6.45, 7) is 2.33. The van der Waals surface area contributed by atoms with E-state index < -0.39 is 0 Å². The van der Waals surface area contributed by atoms with E-state index in [0.29, 0.717) is 30.2 Å². The van der Waals surface area contributed by atoms with Gasteiger partial charge in [-0.1, -0.05) is 17.7 Å². The van der Waals surface area contributed by atoms with Crippen molar-refractivity contribution in [1.82, 2.24) is 4.90 Å². The second-order valence-electron chi connectivity index (χ2n) is 5.75. The van der Waals surface area contributed by atoms with Gasteiger partial charge in [0, 0.05) is 35.6 Å². The van der Waals surface area contributed by atoms with Crippen LogP contribution in [-0.2, 0) is 16.1 Å². The molecule has 2 aliphatic rings. The number of carbonyl (C=O) groups excluding carboxylic acids is 1. The molecule has 2 heterocycles. The number of carbonyl (C=O) groups is 1. The Morgan fingerprint density at radius 2 is 2.25 bits per heavy atom. The maximum absolute atomic E-state index is 13.9. The quantitative estimate of drug-likeness (QED) is 0.840. The fourth-order valence-electron chi connectivity index (χ4n) is 3.09. The van der Waals surface area contributed by atoms with E-state index in [9.17, 15) is 9.18 Å². The lowest BCUT2D eigenvalue weighted by Gasteiger charge is -2.39. The molecular weight excluding hydrogens is 281 g/mol. The number of piperidine rings is 1. The minimum absolute atomic E-state index is 0.0612. The highest BCUT2D eigenvalue weighted by atomic mass is 35.5. The van der Waals surface area contributed by atoms with Crippen LogP contribution >= 0.6 is 11.6 Å². The summed E-state index contributed by atoms with van der Waals surface area (Å²) >= 11 is 6.04. The third-order valence-electron chi connectivity index (χ3n) is 4.34. The predicted molar refractivity (Wildman–Crippen MR) is 73.9 cm³/mol. The molecule has 5 heteroatoms. The van der Waals surface area contributed by atoms with Crippen molar-refractivity contribution in [2.45, 2.75) is 25.8 Å². The molecule has 0 unspecified atom stereocenters. The van der Waals surface area contributed by atoms with E-state index in [0.717, 1.165) is 19.4 Å². The monoisotopic (exact) mass is 297 g/mol. The molecule has 2 fully saturated rings. The van der Waals surface area contributed by atoms with Crippen molar-refractivity contribution in [1.29, 1.82) is 0 Å². The molecule has 1 amide bonds. The van der Waals surface area contributed by atoms with Gasteiger partial charge in [0.1, 0.15) is 5.82 Å². The number of nitrogens with zero attached hydrogens (tertiary/aromatic N) is 1. The Labute approximate surface area is 122 Å². The molecule has 108 valence electrons. The first-order chi connectivity index (χ1) is 9.60. The Kier molecular flexibility index (Phi) is 3.69. The molecule has 1 aromatic rings. The molecule has 0 radical (unpaired) electrons. The van der Waals surface area contributed by atoms with Crippen molar-refractivity contribution in [3.8, 4) is 0 Å². The van der Waals surface area contributed by atoms with Crippen molar-refractivity contribution in [3.05, 3.63) is 34.6 Å². The van der Waals surface area contributed by atoms with Crippen LogP contribution < -0.4 is 0 Å². The van der Waals surface area contributed by atoms with Crippen molar-refractivity contribution in [2.24, 2.45) is 5.41 Å². The molecule has 1 atom stereocenters. The number of likely N-dealkylation sites (tertiary alicyclic amines) is 1. The number of amides is 1. The first-order valence-corrected chi connectivity index (χ1v) is 7.26. The highest BCUT2D eigenvalue weighted by Crippen LogP contribution is 2.38. The molecular formula is C15H17ClFNO2. The molecule has 1 spiro atoms. The summed E-state index contributed by atoms with van der Waals surface area (Å²) in [7, 11) is 0. The van der Waals surface area contributed by atoms with Crippen LogP contribution in [0, 0.1) is 11.2 Å². The number of hydrogen-bond donors (Lipinski definition) is 0. The minimum atomic E-state index is -0.354. The molecule has 2 aliphatic heterocycles. The van der Waals surface area contributed by atoms with E-state index >= 15 is 0 Å². The summed E-state index contributed by atoms with van der Waals surface area (Å²) < 4.78 is 19.3. The standard InChI is InChI=1S/C15H17ClFNO2/c16-12-2-1-3-13(17)11(12)8-18-9-15(5-4-14(18)19)6-7-20-10-15/h1-3H,4-10H2/t15-/m0/s1. The summed E-state index contributed by atoms with van der Waals surface area (Å²) in [4.78, 5) is 13.8. The van der Waals surface area contributed by atoms with Gasteiger partial charge in [0.05, 0.1) is 13.2 Å². The molecule has 1 aromatic carbocycles. The zero-order valence-electron chi connectivity index (χ0n) is 11.2. The van der Waals surface area contributed by atoms with Crippen LogP contribution in [-0.4, -0.2) is 30.6 Å². The molecule has 20 heavy (non-hydrogen) atoms. The first kappa shape index (κ1) is 13.8. The first-order valence-electron chi connectivity index (χ1n) is 6.88. The molecule has 3 rings (SSSR count). The van der Waals surface area contributed by atoms with Crippen LogP contribution in [0.15, 0.2) is 18.2 Å². The Hall–Kier alpha value is -1.13. The van der Waals surface area contributed by atoms with Crippen LogP contribution in [0.25, 0.3) is 0 Å². The number of ether oxygens (including phenoxy) is 1. The van der Waals surface area contributed by atoms with Crippen LogP contribution in [0.4, 0.5) is 4.39 Å². The normalized spacial score (nSPS) is 26.5. The van der Waals surface area contributed by atoms with Gasteiger partial charge in [-0.3, -0.25) is 4.79 Å². The average molecular weight is 298 g/mol. The SMILES string of the molecule is O=C1CC[C@]2(CCOC2)CN1Cc1c(F)cccc1Cl. The smallest absolute Gasteiger partial charge is 0.222 e. The van der Waals surface area contributed by atoms with Crippen LogP contribution in [0.3, 0.4) is 0 Å². The predicted octanol–water partition coefficient (Wildman–Crippen LogP) is 3.01. The lowest BCUT2D eigenvalue weighted by atomic mass is 9.79. The number of benzene rings is 1. The highest BCUT2D eigenvalue weighted by molar-refractivity contribution is 6.31. The van der Waals surface area contributed by atoms with Crippen molar-refractivity contribution >= 4 is 17.5 Å². The Morgan fingerprint density at radius 3 is 2.95 bits per heavy atom. The maximum atomic E-state index is 13.9. The lowest BCUT2D eigenvalue weighted by molar-refractivity contribution is -0.138. The number of halogens is 2. The van der Waals surface area contributed by atoms with Crippen molar-refractivity contribution < 1.29 is 13.9 Å². The summed E-state index contributed by atoms with van der Waals surface area (Å²) in [5.41, 5.74) is 0.463. The Balaban J connectivity index is 1.80. The minimum Gasteiger partial charge on any atom is -0.381 e. The van der Waals surface area contributed by atoms with Gasteiger partial charge in [-0.25, -0.2) is 4.39 Å². The maximum Gasteiger partial charge on any atom is 0.222 e. The van der Waals surface area contributed by atoms with Crippen LogP contribution in [0.1, 0.15) is 24.8 Å². The zero-order chi connectivity index (χ0) is 14.2. The summed E-state index contributed by atoms with van der Waals surface area (Å²) in [6.07, 6.45) is 2.35. The summed E-state index contributed by atoms with van der Waals surface area (Å²) in [6, 6.07) is 4.61. The Bertz CT molecular complexity index is 508. The van der Waals surface area contributed by atoms with Gasteiger partial charge >= 0.3 is 0 Å². The van der Waals surface area contributed by atoms with E-state index in [4.69, 9.17) is 16.3 Å². The number of rotatable bonds is 2. The molecule has 2 saturated heterocycles. The van der Waals surface area contributed by atoms with Gasteiger partial charge in [0.25, 0.3) is 0 Å². The van der Waals surface area contributed by atoms with Crippen LogP contribution in [0.2, 0.25) is 5.02 Å². The molecule has 0 aromatic heterocycles. The molecule has 3 nitrogen and oxygen atoms in total. The largest absolute Gasteiger partial charge is 0.381 e. The van der Waals surface area contributed by atoms with E-state index in [1.54, 1.807) is 17.0 Å². The summed E-state index contributed by atoms with van der Waals surface area (Å²) in [5.74, 6) is -0.283. The van der Waals surface area contributed by atoms with Gasteiger partial charge in [-0.2, -0.15) is 0 Å². The zero-order valence-corrected chi connectivity index (χ0v) is 12.0. The topological polar surface area (TPSA) is 29.5 Å². The average Bonchev–Trinajstić information content (AvgIpc) is 2.87. The van der Waals surface area contributed by atoms with Crippen LogP contribution in [0.5, 0.6) is 0 Å². The van der Waals surface area contributed by atoms with Crippen molar-refractivity contribution in [3.63, 3.8) is 0 Å². The van der Waals surface area contributed by atoms with E-state index in [2.05, 4.69) is 0 Å². The fraction of sp³-hybridized carbons (Fsp3) is 0.533. The van der Waals surface area contributed by atoms with Gasteiger partial charge < -0.3 is 9.64 Å².